The van der Waals surface area contributed by atoms with E-state index in [9.17, 15) is 10.1 Å². The van der Waals surface area contributed by atoms with Gasteiger partial charge in [-0.3, -0.25) is 10.1 Å². The van der Waals surface area contributed by atoms with E-state index in [0.29, 0.717) is 16.2 Å². The monoisotopic (exact) mass is 405 g/mol. The van der Waals surface area contributed by atoms with Gasteiger partial charge in [-0.15, -0.1) is 11.3 Å². The topological polar surface area (TPSA) is 93.8 Å². The SMILES string of the molecule is Cc1nc(C)c(-c2cc(Br)nc(Nc3cccc([N+](=O)[O-])c3)n2)s1. The van der Waals surface area contributed by atoms with Crippen molar-refractivity contribution in [3.05, 3.63) is 55.8 Å². The van der Waals surface area contributed by atoms with E-state index in [-0.39, 0.29) is 5.69 Å². The highest BCUT2D eigenvalue weighted by molar-refractivity contribution is 9.10. The van der Waals surface area contributed by atoms with Crippen LogP contribution in [0.15, 0.2) is 34.9 Å². The Bertz CT molecular complexity index is 928. The maximum Gasteiger partial charge on any atom is 0.271 e. The van der Waals surface area contributed by atoms with Gasteiger partial charge in [0.25, 0.3) is 5.69 Å². The van der Waals surface area contributed by atoms with E-state index in [2.05, 4.69) is 36.2 Å². The Labute approximate surface area is 150 Å². The quantitative estimate of drug-likeness (QED) is 0.386. The molecular weight excluding hydrogens is 394 g/mol. The Morgan fingerprint density at radius 2 is 2.00 bits per heavy atom. The van der Waals surface area contributed by atoms with Gasteiger partial charge in [-0.25, -0.2) is 15.0 Å². The molecule has 2 aromatic heterocycles. The molecule has 3 rings (SSSR count). The summed E-state index contributed by atoms with van der Waals surface area (Å²) in [6.45, 7) is 3.88. The molecule has 0 aliphatic heterocycles. The van der Waals surface area contributed by atoms with Crippen molar-refractivity contribution < 1.29 is 4.92 Å². The van der Waals surface area contributed by atoms with E-state index in [1.54, 1.807) is 23.5 Å². The van der Waals surface area contributed by atoms with Gasteiger partial charge < -0.3 is 5.32 Å². The second kappa shape index (κ2) is 6.62. The Morgan fingerprint density at radius 3 is 2.67 bits per heavy atom. The minimum atomic E-state index is -0.443. The number of nitrogens with zero attached hydrogens (tertiary/aromatic N) is 4. The third-order valence-electron chi connectivity index (χ3n) is 3.14. The Balaban J connectivity index is 1.96. The molecule has 0 aliphatic carbocycles. The van der Waals surface area contributed by atoms with Gasteiger partial charge in [0.15, 0.2) is 0 Å². The Hall–Kier alpha value is -2.39. The van der Waals surface area contributed by atoms with Gasteiger partial charge in [-0.05, 0) is 41.9 Å². The third kappa shape index (κ3) is 3.57. The molecule has 0 saturated heterocycles. The minimum absolute atomic E-state index is 0.00384. The Morgan fingerprint density at radius 1 is 1.21 bits per heavy atom. The molecule has 3 aromatic rings. The molecule has 0 unspecified atom stereocenters. The predicted molar refractivity (Wildman–Crippen MR) is 96.7 cm³/mol. The lowest BCUT2D eigenvalue weighted by atomic mass is 10.3. The van der Waals surface area contributed by atoms with Gasteiger partial charge >= 0.3 is 0 Å². The van der Waals surface area contributed by atoms with Crippen molar-refractivity contribution in [2.75, 3.05) is 5.32 Å². The van der Waals surface area contributed by atoms with Crippen molar-refractivity contribution in [1.29, 1.82) is 0 Å². The van der Waals surface area contributed by atoms with Crippen LogP contribution in [0.2, 0.25) is 0 Å². The number of aromatic nitrogens is 3. The average molecular weight is 406 g/mol. The lowest BCUT2D eigenvalue weighted by molar-refractivity contribution is -0.384. The molecule has 0 atom stereocenters. The summed E-state index contributed by atoms with van der Waals surface area (Å²) in [4.78, 5) is 24.6. The highest BCUT2D eigenvalue weighted by Gasteiger charge is 2.13. The van der Waals surface area contributed by atoms with E-state index in [0.717, 1.165) is 21.3 Å². The lowest BCUT2D eigenvalue weighted by Crippen LogP contribution is -1.99. The van der Waals surface area contributed by atoms with Crippen molar-refractivity contribution in [1.82, 2.24) is 15.0 Å². The van der Waals surface area contributed by atoms with Crippen LogP contribution >= 0.6 is 27.3 Å². The first-order valence-electron chi connectivity index (χ1n) is 6.93. The van der Waals surface area contributed by atoms with Gasteiger partial charge in [0, 0.05) is 17.8 Å². The molecule has 0 bridgehead atoms. The van der Waals surface area contributed by atoms with Crippen molar-refractivity contribution in [2.45, 2.75) is 13.8 Å². The summed E-state index contributed by atoms with van der Waals surface area (Å²) in [5.41, 5.74) is 2.20. The number of hydrogen-bond donors (Lipinski definition) is 1. The number of non-ortho nitro benzene ring substituents is 1. The molecule has 0 aliphatic rings. The second-order valence-electron chi connectivity index (χ2n) is 4.98. The smallest absolute Gasteiger partial charge is 0.271 e. The van der Waals surface area contributed by atoms with Crippen LogP contribution in [0.4, 0.5) is 17.3 Å². The van der Waals surface area contributed by atoms with Crippen LogP contribution < -0.4 is 5.32 Å². The van der Waals surface area contributed by atoms with Crippen LogP contribution in [-0.2, 0) is 0 Å². The van der Waals surface area contributed by atoms with Gasteiger partial charge in [0.05, 0.1) is 26.2 Å². The van der Waals surface area contributed by atoms with E-state index in [1.165, 1.54) is 12.1 Å². The second-order valence-corrected chi connectivity index (χ2v) is 7.00. The summed E-state index contributed by atoms with van der Waals surface area (Å²) in [6.07, 6.45) is 0. The van der Waals surface area contributed by atoms with Crippen molar-refractivity contribution in [3.63, 3.8) is 0 Å². The largest absolute Gasteiger partial charge is 0.324 e. The zero-order valence-corrected chi connectivity index (χ0v) is 15.2. The summed E-state index contributed by atoms with van der Waals surface area (Å²) < 4.78 is 0.617. The number of aryl methyl sites for hydroxylation is 2. The number of nitro groups is 1. The number of nitrogens with one attached hydrogen (secondary N) is 1. The normalized spacial score (nSPS) is 10.6. The van der Waals surface area contributed by atoms with E-state index in [4.69, 9.17) is 0 Å². The molecule has 122 valence electrons. The van der Waals surface area contributed by atoms with Gasteiger partial charge in [-0.1, -0.05) is 6.07 Å². The van der Waals surface area contributed by atoms with Crippen LogP contribution in [0.3, 0.4) is 0 Å². The fraction of sp³-hybridized carbons (Fsp3) is 0.133. The molecule has 0 spiro atoms. The van der Waals surface area contributed by atoms with E-state index in [1.807, 2.05) is 19.9 Å². The average Bonchev–Trinajstić information content (AvgIpc) is 2.85. The van der Waals surface area contributed by atoms with Crippen LogP contribution in [0.1, 0.15) is 10.7 Å². The maximum atomic E-state index is 10.9. The molecule has 0 amide bonds. The predicted octanol–water partition coefficient (Wildman–Crippen LogP) is 4.63. The molecule has 0 saturated carbocycles. The van der Waals surface area contributed by atoms with E-state index >= 15 is 0 Å². The molecule has 1 N–H and O–H groups in total. The molecule has 2 heterocycles. The molecule has 0 fully saturated rings. The molecular formula is C15H12BrN5O2S. The van der Waals surface area contributed by atoms with Gasteiger partial charge in [0.2, 0.25) is 5.95 Å². The highest BCUT2D eigenvalue weighted by Crippen LogP contribution is 2.31. The third-order valence-corrected chi connectivity index (χ3v) is 4.65. The van der Waals surface area contributed by atoms with Gasteiger partial charge in [-0.2, -0.15) is 0 Å². The summed E-state index contributed by atoms with van der Waals surface area (Å²) in [5, 5.41) is 14.8. The standard InChI is InChI=1S/C15H12BrN5O2S/c1-8-14(24-9(2)17-8)12-7-13(16)20-15(19-12)18-10-4-3-5-11(6-10)21(22)23/h3-7H,1-2H3,(H,18,19,20). The highest BCUT2D eigenvalue weighted by atomic mass is 79.9. The number of halogens is 1. The number of hydrogen-bond acceptors (Lipinski definition) is 7. The minimum Gasteiger partial charge on any atom is -0.324 e. The Kier molecular flexibility index (Phi) is 4.54. The molecule has 1 aromatic carbocycles. The number of thiazole rings is 1. The lowest BCUT2D eigenvalue weighted by Gasteiger charge is -2.07. The summed E-state index contributed by atoms with van der Waals surface area (Å²) in [6, 6.07) is 8.02. The van der Waals surface area contributed by atoms with Crippen LogP contribution in [0.5, 0.6) is 0 Å². The molecule has 0 radical (unpaired) electrons. The summed E-state index contributed by atoms with van der Waals surface area (Å²) >= 11 is 4.94. The fourth-order valence-electron chi connectivity index (χ4n) is 2.19. The van der Waals surface area contributed by atoms with Gasteiger partial charge in [0.1, 0.15) is 4.60 Å². The van der Waals surface area contributed by atoms with Crippen molar-refractivity contribution in [3.8, 4) is 10.6 Å². The fourth-order valence-corrected chi connectivity index (χ4v) is 3.45. The molecule has 24 heavy (non-hydrogen) atoms. The van der Waals surface area contributed by atoms with Crippen LogP contribution in [-0.4, -0.2) is 19.9 Å². The molecule has 9 heteroatoms. The number of benzene rings is 1. The van der Waals surface area contributed by atoms with Crippen molar-refractivity contribution in [2.24, 2.45) is 0 Å². The molecule has 7 nitrogen and oxygen atoms in total. The first kappa shape index (κ1) is 16.5. The number of anilines is 2. The summed E-state index contributed by atoms with van der Waals surface area (Å²) in [5.74, 6) is 0.352. The zero-order valence-electron chi connectivity index (χ0n) is 12.8. The van der Waals surface area contributed by atoms with E-state index < -0.39 is 4.92 Å². The zero-order chi connectivity index (χ0) is 17.3. The maximum absolute atomic E-state index is 10.9. The van der Waals surface area contributed by atoms with Crippen molar-refractivity contribution >= 4 is 44.6 Å². The first-order valence-corrected chi connectivity index (χ1v) is 8.54. The first-order chi connectivity index (χ1) is 11.4. The summed E-state index contributed by atoms with van der Waals surface area (Å²) in [7, 11) is 0. The number of nitro benzene ring substituents is 1. The number of rotatable bonds is 4. The van der Waals surface area contributed by atoms with Crippen LogP contribution in [0.25, 0.3) is 10.6 Å². The van der Waals surface area contributed by atoms with Crippen LogP contribution in [0, 0.1) is 24.0 Å².